The second-order valence-electron chi connectivity index (χ2n) is 17.7. The predicted molar refractivity (Wildman–Crippen MR) is 234 cm³/mol. The first-order valence-corrected chi connectivity index (χ1v) is 24.6. The van der Waals surface area contributed by atoms with E-state index in [-0.39, 0.29) is 26.1 Å². The zero-order valence-corrected chi connectivity index (χ0v) is 38.4. The van der Waals surface area contributed by atoms with E-state index in [0.29, 0.717) is 12.8 Å². The molecule has 0 spiro atoms. The van der Waals surface area contributed by atoms with Crippen LogP contribution < -0.4 is 0 Å². The highest BCUT2D eigenvalue weighted by molar-refractivity contribution is 5.70. The van der Waals surface area contributed by atoms with E-state index in [4.69, 9.17) is 28.4 Å². The third-order valence-corrected chi connectivity index (χ3v) is 12.1. The third kappa shape index (κ3) is 24.1. The molecule has 366 valence electrons. The van der Waals surface area contributed by atoms with E-state index in [1.54, 1.807) is 0 Å². The average molecular weight is 893 g/mol. The topological polar surface area (TPSA) is 231 Å². The fraction of sp³-hybridized carbons (Fsp3) is 0.957. The van der Waals surface area contributed by atoms with Gasteiger partial charge >= 0.3 is 11.9 Å². The first kappa shape index (κ1) is 56.6. The summed E-state index contributed by atoms with van der Waals surface area (Å²) >= 11 is 0. The van der Waals surface area contributed by atoms with Crippen molar-refractivity contribution in [2.24, 2.45) is 0 Å². The maximum absolute atomic E-state index is 13.0. The molecule has 0 aromatic heterocycles. The summed E-state index contributed by atoms with van der Waals surface area (Å²) in [6.45, 7) is 2.60. The molecule has 2 heterocycles. The number of rotatable bonds is 38. The predicted octanol–water partition coefficient (Wildman–Crippen LogP) is 6.04. The number of aliphatic hydroxyl groups is 7. The van der Waals surface area contributed by atoms with Gasteiger partial charge in [-0.25, -0.2) is 0 Å². The van der Waals surface area contributed by atoms with Gasteiger partial charge in [-0.1, -0.05) is 168 Å². The second-order valence-corrected chi connectivity index (χ2v) is 17.7. The van der Waals surface area contributed by atoms with Gasteiger partial charge in [0.15, 0.2) is 18.7 Å². The van der Waals surface area contributed by atoms with E-state index in [2.05, 4.69) is 13.8 Å². The maximum Gasteiger partial charge on any atom is 0.306 e. The van der Waals surface area contributed by atoms with Crippen LogP contribution in [0.25, 0.3) is 0 Å². The normalized spacial score (nSPS) is 27.0. The molecule has 7 N–H and O–H groups in total. The summed E-state index contributed by atoms with van der Waals surface area (Å²) in [6.07, 6.45) is 14.2. The van der Waals surface area contributed by atoms with Crippen molar-refractivity contribution in [3.05, 3.63) is 0 Å². The first-order chi connectivity index (χ1) is 30.0. The summed E-state index contributed by atoms with van der Waals surface area (Å²) in [5.41, 5.74) is 0. The Labute approximate surface area is 372 Å². The van der Waals surface area contributed by atoms with Crippen molar-refractivity contribution in [3.8, 4) is 0 Å². The third-order valence-electron chi connectivity index (χ3n) is 12.1. The first-order valence-electron chi connectivity index (χ1n) is 24.6. The Bertz CT molecular complexity index is 1100. The van der Waals surface area contributed by atoms with E-state index in [1.807, 2.05) is 0 Å². The lowest BCUT2D eigenvalue weighted by molar-refractivity contribution is -0.332. The van der Waals surface area contributed by atoms with Crippen molar-refractivity contribution in [1.82, 2.24) is 0 Å². The highest BCUT2D eigenvalue weighted by Crippen LogP contribution is 2.26. The van der Waals surface area contributed by atoms with Gasteiger partial charge in [-0.3, -0.25) is 9.59 Å². The Morgan fingerprint density at radius 1 is 0.452 bits per heavy atom. The number of carbonyl (C=O) groups is 2. The molecule has 0 bridgehead atoms. The summed E-state index contributed by atoms with van der Waals surface area (Å²) in [5, 5.41) is 71.9. The number of aliphatic hydroxyl groups excluding tert-OH is 7. The van der Waals surface area contributed by atoms with Gasteiger partial charge in [-0.15, -0.1) is 0 Å². The van der Waals surface area contributed by atoms with Crippen LogP contribution in [0.2, 0.25) is 0 Å². The minimum atomic E-state index is -1.76. The zero-order valence-electron chi connectivity index (χ0n) is 38.4. The average Bonchev–Trinajstić information content (AvgIpc) is 3.26. The molecule has 2 fully saturated rings. The lowest BCUT2D eigenvalue weighted by Crippen LogP contribution is -2.61. The van der Waals surface area contributed by atoms with E-state index in [1.165, 1.54) is 116 Å². The maximum atomic E-state index is 13.0. The summed E-state index contributed by atoms with van der Waals surface area (Å²) in [7, 11) is 0. The van der Waals surface area contributed by atoms with Gasteiger partial charge in [0, 0.05) is 12.8 Å². The molecule has 2 aliphatic rings. The van der Waals surface area contributed by atoms with Gasteiger partial charge in [-0.2, -0.15) is 0 Å². The van der Waals surface area contributed by atoms with Crippen molar-refractivity contribution in [2.75, 3.05) is 26.4 Å². The molecular weight excluding hydrogens is 805 g/mol. The summed E-state index contributed by atoms with van der Waals surface area (Å²) < 4.78 is 33.5. The molecule has 11 atom stereocenters. The van der Waals surface area contributed by atoms with Crippen LogP contribution in [0, 0.1) is 0 Å². The van der Waals surface area contributed by atoms with Crippen molar-refractivity contribution in [2.45, 2.75) is 261 Å². The standard InChI is InChI=1S/C47H88O15/c1-3-5-7-9-11-13-15-17-19-21-23-25-27-29-38(49)57-32-35(60-39(50)30-28-26-24-22-20-18-16-14-12-10-8-6-4-2)33-58-46-45(56)43(54)41(52)37(62-46)34-59-47-44(55)42(53)40(51)36(31-48)61-47/h35-37,40-48,51-56H,3-34H2,1-2H3/t35-,36+,37+,40-,41-,42-,43-,44+,45+,46+,47-/m0/s1. The molecule has 2 rings (SSSR count). The van der Waals surface area contributed by atoms with Gasteiger partial charge in [0.2, 0.25) is 0 Å². The van der Waals surface area contributed by atoms with Crippen LogP contribution in [0.4, 0.5) is 0 Å². The molecule has 2 aliphatic heterocycles. The van der Waals surface area contributed by atoms with Crippen molar-refractivity contribution < 1.29 is 73.8 Å². The van der Waals surface area contributed by atoms with E-state index in [9.17, 15) is 45.3 Å². The Balaban J connectivity index is 1.83. The summed E-state index contributed by atoms with van der Waals surface area (Å²) in [4.78, 5) is 25.7. The molecule has 0 radical (unpaired) electrons. The van der Waals surface area contributed by atoms with Gasteiger partial charge in [0.1, 0.15) is 55.4 Å². The highest BCUT2D eigenvalue weighted by atomic mass is 16.7. The summed E-state index contributed by atoms with van der Waals surface area (Å²) in [6, 6.07) is 0. The van der Waals surface area contributed by atoms with Crippen LogP contribution in [-0.2, 0) is 38.0 Å². The Morgan fingerprint density at radius 3 is 1.26 bits per heavy atom. The molecule has 0 aromatic carbocycles. The molecule has 62 heavy (non-hydrogen) atoms. The SMILES string of the molecule is CCCCCCCCCCCCCCCC(=O)OC[C@@H](CO[C@@H]1O[C@H](CO[C@H]2O[C@H](CO)[C@H](O)[C@H](O)[C@H]2O)[C@H](O)[C@H](O)[C@H]1O)OC(=O)CCCCCCCCCCCCCCC. The number of hydrogen-bond acceptors (Lipinski definition) is 15. The largest absolute Gasteiger partial charge is 0.462 e. The minimum Gasteiger partial charge on any atom is -0.462 e. The molecule has 0 unspecified atom stereocenters. The Hall–Kier alpha value is -1.50. The Morgan fingerprint density at radius 2 is 0.823 bits per heavy atom. The fourth-order valence-corrected chi connectivity index (χ4v) is 7.98. The van der Waals surface area contributed by atoms with Gasteiger partial charge in [0.25, 0.3) is 0 Å². The molecule has 15 heteroatoms. The van der Waals surface area contributed by atoms with Crippen LogP contribution in [0.5, 0.6) is 0 Å². The van der Waals surface area contributed by atoms with E-state index in [0.717, 1.165) is 38.5 Å². The van der Waals surface area contributed by atoms with E-state index < -0.39 is 92.7 Å². The number of esters is 2. The van der Waals surface area contributed by atoms with Gasteiger partial charge in [0.05, 0.1) is 19.8 Å². The van der Waals surface area contributed by atoms with Crippen molar-refractivity contribution in [3.63, 3.8) is 0 Å². The molecule has 0 amide bonds. The van der Waals surface area contributed by atoms with Crippen LogP contribution in [-0.4, -0.2) is 142 Å². The molecule has 0 aliphatic carbocycles. The number of ether oxygens (including phenoxy) is 6. The molecular formula is C47H88O15. The molecule has 2 saturated heterocycles. The Kier molecular flexibility index (Phi) is 32.6. The lowest BCUT2D eigenvalue weighted by atomic mass is 9.98. The van der Waals surface area contributed by atoms with E-state index >= 15 is 0 Å². The lowest BCUT2D eigenvalue weighted by Gasteiger charge is -2.42. The van der Waals surface area contributed by atoms with Crippen LogP contribution >= 0.6 is 0 Å². The second kappa shape index (κ2) is 35.7. The monoisotopic (exact) mass is 893 g/mol. The number of unbranched alkanes of at least 4 members (excludes halogenated alkanes) is 24. The van der Waals surface area contributed by atoms with Crippen LogP contribution in [0.1, 0.15) is 194 Å². The quantitative estimate of drug-likeness (QED) is 0.0277. The highest BCUT2D eigenvalue weighted by Gasteiger charge is 2.47. The molecule has 0 aromatic rings. The fourth-order valence-electron chi connectivity index (χ4n) is 7.98. The smallest absolute Gasteiger partial charge is 0.306 e. The zero-order chi connectivity index (χ0) is 45.4. The molecule has 0 saturated carbocycles. The van der Waals surface area contributed by atoms with Crippen LogP contribution in [0.15, 0.2) is 0 Å². The van der Waals surface area contributed by atoms with Gasteiger partial charge < -0.3 is 64.2 Å². The number of carbonyl (C=O) groups excluding carboxylic acids is 2. The molecule has 15 nitrogen and oxygen atoms in total. The minimum absolute atomic E-state index is 0.173. The summed E-state index contributed by atoms with van der Waals surface area (Å²) in [5.74, 6) is -0.913. The van der Waals surface area contributed by atoms with Gasteiger partial charge in [-0.05, 0) is 12.8 Å². The van der Waals surface area contributed by atoms with Crippen molar-refractivity contribution >= 4 is 11.9 Å². The van der Waals surface area contributed by atoms with Crippen molar-refractivity contribution in [1.29, 1.82) is 0 Å². The number of hydrogen-bond donors (Lipinski definition) is 7. The van der Waals surface area contributed by atoms with Crippen LogP contribution in [0.3, 0.4) is 0 Å².